The molecule has 0 saturated carbocycles. The fourth-order valence-corrected chi connectivity index (χ4v) is 1.32. The van der Waals surface area contributed by atoms with Crippen LogP contribution in [0.5, 0.6) is 0 Å². The van der Waals surface area contributed by atoms with Crippen LogP contribution < -0.4 is 5.73 Å². The van der Waals surface area contributed by atoms with Crippen molar-refractivity contribution in [1.82, 2.24) is 4.90 Å². The zero-order valence-corrected chi connectivity index (χ0v) is 10.4. The second kappa shape index (κ2) is 9.05. The Morgan fingerprint density at radius 1 is 1.40 bits per heavy atom. The van der Waals surface area contributed by atoms with Crippen LogP contribution in [0.2, 0.25) is 0 Å². The van der Waals surface area contributed by atoms with Gasteiger partial charge >= 0.3 is 0 Å². The lowest BCUT2D eigenvalue weighted by atomic mass is 10.4. The second-order valence-electron chi connectivity index (χ2n) is 3.54. The number of aliphatic hydroxyl groups excluding tert-OH is 1. The maximum atomic E-state index is 9.84. The van der Waals surface area contributed by atoms with E-state index in [-0.39, 0.29) is 0 Å². The quantitative estimate of drug-likeness (QED) is 0.543. The first-order valence-electron chi connectivity index (χ1n) is 4.67. The van der Waals surface area contributed by atoms with Crippen LogP contribution in [0.25, 0.3) is 0 Å². The van der Waals surface area contributed by atoms with Crippen molar-refractivity contribution in [2.45, 2.75) is 19.4 Å². The van der Waals surface area contributed by atoms with Crippen molar-refractivity contribution in [3.05, 3.63) is 0 Å². The molecule has 0 aliphatic carbocycles. The van der Waals surface area contributed by atoms with Gasteiger partial charge < -0.3 is 15.7 Å². The van der Waals surface area contributed by atoms with Gasteiger partial charge in [-0.1, -0.05) is 0 Å². The summed E-state index contributed by atoms with van der Waals surface area (Å²) in [5, 5.41) is 8.35. The van der Waals surface area contributed by atoms with Crippen molar-refractivity contribution in [2.24, 2.45) is 5.73 Å². The average Bonchev–Trinajstić information content (AvgIpc) is 1.96. The van der Waals surface area contributed by atoms with Crippen LogP contribution >= 0.6 is 0 Å². The van der Waals surface area contributed by atoms with Gasteiger partial charge in [0.15, 0.2) is 0 Å². The molecule has 0 radical (unpaired) electrons. The summed E-state index contributed by atoms with van der Waals surface area (Å²) in [5.74, 6) is -0.590. The topological polar surface area (TPSA) is 104 Å². The third-order valence-electron chi connectivity index (χ3n) is 1.26. The molecule has 0 saturated heterocycles. The van der Waals surface area contributed by atoms with Crippen LogP contribution in [-0.2, 0) is 10.1 Å². The van der Waals surface area contributed by atoms with Gasteiger partial charge in [-0.2, -0.15) is 8.42 Å². The smallest absolute Gasteiger partial charge is 0.267 e. The van der Waals surface area contributed by atoms with E-state index in [0.29, 0.717) is 0 Å². The van der Waals surface area contributed by atoms with Crippen molar-refractivity contribution in [3.63, 3.8) is 0 Å². The summed E-state index contributed by atoms with van der Waals surface area (Å²) in [7, 11) is 0.129. The summed E-state index contributed by atoms with van der Waals surface area (Å²) in [4.78, 5) is 2.13. The van der Waals surface area contributed by atoms with Gasteiger partial charge in [-0.05, 0) is 40.5 Å². The Hall–Kier alpha value is -0.210. The van der Waals surface area contributed by atoms with E-state index in [2.05, 4.69) is 19.0 Å². The first-order valence-corrected chi connectivity index (χ1v) is 6.28. The molecule has 0 aromatic heterocycles. The summed E-state index contributed by atoms with van der Waals surface area (Å²) in [6.07, 6.45) is 0.109. The molecule has 0 amide bonds. The number of rotatable bonds is 5. The molecule has 0 aromatic rings. The molecular weight excluding hydrogens is 220 g/mol. The fourth-order valence-electron chi connectivity index (χ4n) is 0.712. The van der Waals surface area contributed by atoms with Gasteiger partial charge in [-0.3, -0.25) is 4.55 Å². The summed E-state index contributed by atoms with van der Waals surface area (Å²) >= 11 is 0. The van der Waals surface area contributed by atoms with Crippen molar-refractivity contribution >= 4 is 10.1 Å². The van der Waals surface area contributed by atoms with E-state index in [1.807, 2.05) is 0 Å². The molecule has 1 atom stereocenters. The third kappa shape index (κ3) is 24.8. The Kier molecular flexibility index (Phi) is 10.4. The van der Waals surface area contributed by atoms with Gasteiger partial charge in [-0.15, -0.1) is 0 Å². The van der Waals surface area contributed by atoms with Crippen molar-refractivity contribution in [1.29, 1.82) is 0 Å². The van der Waals surface area contributed by atoms with Crippen LogP contribution in [-0.4, -0.2) is 62.0 Å². The largest absolute Gasteiger partial charge is 0.392 e. The molecule has 0 fully saturated rings. The van der Waals surface area contributed by atoms with Crippen molar-refractivity contribution in [3.8, 4) is 0 Å². The number of nitrogens with zero attached hydrogens (tertiary/aromatic N) is 1. The SMILES string of the molecule is CC(O)CS(=O)(=O)O.CN(C)CCCN. The highest BCUT2D eigenvalue weighted by atomic mass is 32.2. The molecule has 0 spiro atoms. The zero-order valence-electron chi connectivity index (χ0n) is 9.55. The van der Waals surface area contributed by atoms with Gasteiger partial charge in [-0.25, -0.2) is 0 Å². The summed E-state index contributed by atoms with van der Waals surface area (Å²) in [6, 6.07) is 0. The van der Waals surface area contributed by atoms with Crippen LogP contribution in [0, 0.1) is 0 Å². The number of nitrogens with two attached hydrogens (primary N) is 1. The molecule has 6 nitrogen and oxygen atoms in total. The standard InChI is InChI=1S/C5H14N2.C3H8O4S/c1-7(2)5-3-4-6;1-3(4)2-8(5,6)7/h3-6H2,1-2H3;3-4H,2H2,1H3,(H,5,6,7). The Balaban J connectivity index is 0. The molecule has 4 N–H and O–H groups in total. The van der Waals surface area contributed by atoms with Gasteiger partial charge in [0.05, 0.1) is 6.10 Å². The van der Waals surface area contributed by atoms with E-state index < -0.39 is 22.0 Å². The second-order valence-corrected chi connectivity index (χ2v) is 5.04. The lowest BCUT2D eigenvalue weighted by Gasteiger charge is -2.05. The molecule has 7 heteroatoms. The predicted molar refractivity (Wildman–Crippen MR) is 60.3 cm³/mol. The highest BCUT2D eigenvalue weighted by Crippen LogP contribution is 1.86. The van der Waals surface area contributed by atoms with E-state index in [1.54, 1.807) is 0 Å². The average molecular weight is 242 g/mol. The summed E-state index contributed by atoms with van der Waals surface area (Å²) in [6.45, 7) is 3.20. The maximum Gasteiger partial charge on any atom is 0.267 e. The minimum absolute atomic E-state index is 0.590. The Labute approximate surface area is 91.8 Å². The number of hydrogen-bond donors (Lipinski definition) is 3. The van der Waals surface area contributed by atoms with Crippen LogP contribution in [0.15, 0.2) is 0 Å². The van der Waals surface area contributed by atoms with E-state index in [9.17, 15) is 8.42 Å². The molecule has 0 heterocycles. The normalized spacial score (nSPS) is 13.3. The minimum atomic E-state index is -3.97. The van der Waals surface area contributed by atoms with Crippen LogP contribution in [0.4, 0.5) is 0 Å². The van der Waals surface area contributed by atoms with E-state index in [1.165, 1.54) is 6.92 Å². The molecule has 0 aliphatic heterocycles. The Bertz CT molecular complexity index is 227. The van der Waals surface area contributed by atoms with Crippen LogP contribution in [0.3, 0.4) is 0 Å². The minimum Gasteiger partial charge on any atom is -0.392 e. The molecular formula is C8H22N2O4S. The first kappa shape index (κ1) is 17.2. The van der Waals surface area contributed by atoms with Gasteiger partial charge in [0.2, 0.25) is 0 Å². The molecule has 0 bridgehead atoms. The monoisotopic (exact) mass is 242 g/mol. The molecule has 0 aromatic carbocycles. The summed E-state index contributed by atoms with van der Waals surface area (Å²) in [5.41, 5.74) is 5.25. The molecule has 1 unspecified atom stereocenters. The van der Waals surface area contributed by atoms with Crippen molar-refractivity contribution < 1.29 is 18.1 Å². The zero-order chi connectivity index (χ0) is 12.5. The molecule has 15 heavy (non-hydrogen) atoms. The van der Waals surface area contributed by atoms with Gasteiger partial charge in [0, 0.05) is 0 Å². The summed E-state index contributed by atoms with van der Waals surface area (Å²) < 4.78 is 27.7. The number of hydrogen-bond acceptors (Lipinski definition) is 5. The van der Waals surface area contributed by atoms with Gasteiger partial charge in [0.1, 0.15) is 5.75 Å². The van der Waals surface area contributed by atoms with Gasteiger partial charge in [0.25, 0.3) is 10.1 Å². The lowest BCUT2D eigenvalue weighted by Crippen LogP contribution is -2.16. The van der Waals surface area contributed by atoms with E-state index >= 15 is 0 Å². The Morgan fingerprint density at radius 3 is 1.93 bits per heavy atom. The molecule has 0 rings (SSSR count). The molecule has 0 aliphatic rings. The first-order chi connectivity index (χ1) is 6.69. The Morgan fingerprint density at radius 2 is 1.87 bits per heavy atom. The van der Waals surface area contributed by atoms with Crippen molar-refractivity contribution in [2.75, 3.05) is 32.9 Å². The molecule has 94 valence electrons. The lowest BCUT2D eigenvalue weighted by molar-refractivity contribution is 0.215. The van der Waals surface area contributed by atoms with E-state index in [0.717, 1.165) is 19.5 Å². The maximum absolute atomic E-state index is 9.84. The fraction of sp³-hybridized carbons (Fsp3) is 1.00. The predicted octanol–water partition coefficient (Wildman–Crippen LogP) is -0.848. The highest BCUT2D eigenvalue weighted by molar-refractivity contribution is 7.85. The van der Waals surface area contributed by atoms with E-state index in [4.69, 9.17) is 15.4 Å². The number of aliphatic hydroxyl groups is 1. The highest BCUT2D eigenvalue weighted by Gasteiger charge is 2.07. The van der Waals surface area contributed by atoms with Crippen LogP contribution in [0.1, 0.15) is 13.3 Å². The third-order valence-corrected chi connectivity index (χ3v) is 2.16.